The quantitative estimate of drug-likeness (QED) is 0.536. The molecule has 6 bridgehead atoms. The predicted molar refractivity (Wildman–Crippen MR) is 117 cm³/mol. The highest BCUT2D eigenvalue weighted by Crippen LogP contribution is 2.34. The van der Waals surface area contributed by atoms with Crippen LogP contribution in [0.5, 0.6) is 0 Å². The molecule has 0 aromatic carbocycles. The molecule has 1 aromatic rings. The van der Waals surface area contributed by atoms with Gasteiger partial charge < -0.3 is 4.98 Å². The van der Waals surface area contributed by atoms with Crippen LogP contribution in [0.4, 0.5) is 0 Å². The largest absolute Gasteiger partial charge is 0.355 e. The third-order valence-corrected chi connectivity index (χ3v) is 5.51. The second-order valence-corrected chi connectivity index (χ2v) is 7.58. The number of aromatic nitrogens is 1. The van der Waals surface area contributed by atoms with E-state index < -0.39 is 0 Å². The highest BCUT2D eigenvalue weighted by molar-refractivity contribution is 6.12. The summed E-state index contributed by atoms with van der Waals surface area (Å²) in [4.78, 5) is 8.44. The van der Waals surface area contributed by atoms with E-state index in [1.54, 1.807) is 0 Å². The number of H-pyrrole nitrogens is 1. The Balaban J connectivity index is 1.84. The molecular weight excluding hydrogens is 328 g/mol. The molecule has 1 aliphatic carbocycles. The van der Waals surface area contributed by atoms with Crippen molar-refractivity contribution in [3.8, 4) is 0 Å². The molecule has 2 aliphatic heterocycles. The van der Waals surface area contributed by atoms with Crippen molar-refractivity contribution in [2.75, 3.05) is 0 Å². The molecule has 0 saturated heterocycles. The maximum atomic E-state index is 4.93. The van der Waals surface area contributed by atoms with Crippen LogP contribution >= 0.6 is 0 Å². The highest BCUT2D eigenvalue weighted by Gasteiger charge is 2.18. The zero-order valence-electron chi connectivity index (χ0n) is 16.6. The highest BCUT2D eigenvalue weighted by atomic mass is 14.8. The smallest absolute Gasteiger partial charge is 0.0687 e. The van der Waals surface area contributed by atoms with E-state index in [1.807, 2.05) is 0 Å². The Morgan fingerprint density at radius 1 is 0.926 bits per heavy atom. The molecule has 4 rings (SSSR count). The first kappa shape index (κ1) is 17.5. The first-order valence-corrected chi connectivity index (χ1v) is 9.61. The van der Waals surface area contributed by atoms with Crippen LogP contribution in [0.3, 0.4) is 0 Å². The van der Waals surface area contributed by atoms with Crippen LogP contribution in [-0.4, -0.2) is 10.7 Å². The molecule has 3 heterocycles. The number of nitrogens with one attached hydrogen (secondary N) is 1. The van der Waals surface area contributed by atoms with Gasteiger partial charge in [-0.05, 0) is 104 Å². The number of fused-ring (bicyclic) bond motifs is 5. The van der Waals surface area contributed by atoms with E-state index in [-0.39, 0.29) is 0 Å². The molecule has 0 radical (unpaired) electrons. The lowest BCUT2D eigenvalue weighted by Gasteiger charge is -2.07. The van der Waals surface area contributed by atoms with Crippen molar-refractivity contribution in [2.45, 2.75) is 40.5 Å². The molecule has 0 spiro atoms. The fourth-order valence-electron chi connectivity index (χ4n) is 3.87. The van der Waals surface area contributed by atoms with E-state index >= 15 is 0 Å². The zero-order valence-corrected chi connectivity index (χ0v) is 16.6. The Labute approximate surface area is 161 Å². The van der Waals surface area contributed by atoms with E-state index in [1.165, 1.54) is 33.4 Å². The summed E-state index contributed by atoms with van der Waals surface area (Å²) in [6.07, 6.45) is 17.5. The third kappa shape index (κ3) is 3.52. The van der Waals surface area contributed by atoms with Crippen molar-refractivity contribution < 1.29 is 0 Å². The van der Waals surface area contributed by atoms with Crippen LogP contribution in [0.25, 0.3) is 11.6 Å². The van der Waals surface area contributed by atoms with Crippen LogP contribution < -0.4 is 0 Å². The standard InChI is InChI=1S/C25H26N2/c1-16-7-5-6-8-20-14-17(2)22(15-20)18(3)23-11-12-25(27-23)19(4)24-10-9-21(13-16)26-24/h5,7-14,26H,6,15H2,1-4H3/b7-5-,16-13+,20-8-,22-18+,25-19-. The van der Waals surface area contributed by atoms with Gasteiger partial charge in [0.1, 0.15) is 0 Å². The molecule has 2 heteroatoms. The SMILES string of the molecule is CC1=CC2=C/C/C=C\C(C)=C\c3ccc([nH]3)/C(C)=C3/C=CC(=N3)/C(C)=C/1C\2. The molecule has 136 valence electrons. The summed E-state index contributed by atoms with van der Waals surface area (Å²) < 4.78 is 0. The van der Waals surface area contributed by atoms with Crippen molar-refractivity contribution in [3.63, 3.8) is 0 Å². The van der Waals surface area contributed by atoms with Gasteiger partial charge in [-0.2, -0.15) is 0 Å². The molecule has 3 aliphatic rings. The molecule has 27 heavy (non-hydrogen) atoms. The minimum Gasteiger partial charge on any atom is -0.355 e. The second kappa shape index (κ2) is 7.03. The average molecular weight is 354 g/mol. The topological polar surface area (TPSA) is 28.1 Å². The Bertz CT molecular complexity index is 1040. The number of nitrogens with zero attached hydrogens (tertiary/aromatic N) is 1. The van der Waals surface area contributed by atoms with Gasteiger partial charge in [0.25, 0.3) is 0 Å². The number of hydrogen-bond acceptors (Lipinski definition) is 1. The molecule has 0 atom stereocenters. The summed E-state index contributed by atoms with van der Waals surface area (Å²) in [6.45, 7) is 8.69. The van der Waals surface area contributed by atoms with E-state index in [9.17, 15) is 0 Å². The third-order valence-electron chi connectivity index (χ3n) is 5.51. The zero-order chi connectivity index (χ0) is 19.0. The predicted octanol–water partition coefficient (Wildman–Crippen LogP) is 6.71. The lowest BCUT2D eigenvalue weighted by Crippen LogP contribution is -1.98. The molecule has 0 saturated carbocycles. The van der Waals surface area contributed by atoms with E-state index in [0.29, 0.717) is 0 Å². The molecule has 0 unspecified atom stereocenters. The normalized spacial score (nSPS) is 30.2. The number of allylic oxidation sites excluding steroid dienone is 12. The molecule has 1 N–H and O–H groups in total. The summed E-state index contributed by atoms with van der Waals surface area (Å²) >= 11 is 0. The van der Waals surface area contributed by atoms with Crippen molar-refractivity contribution >= 4 is 17.4 Å². The van der Waals surface area contributed by atoms with Gasteiger partial charge in [-0.1, -0.05) is 24.3 Å². The first-order valence-electron chi connectivity index (χ1n) is 9.61. The fourth-order valence-corrected chi connectivity index (χ4v) is 3.87. The Morgan fingerprint density at radius 3 is 2.63 bits per heavy atom. The van der Waals surface area contributed by atoms with E-state index in [0.717, 1.165) is 35.6 Å². The van der Waals surface area contributed by atoms with Gasteiger partial charge in [0.15, 0.2) is 0 Å². The summed E-state index contributed by atoms with van der Waals surface area (Å²) in [5.74, 6) is 0. The Hall–Kier alpha value is -2.87. The lowest BCUT2D eigenvalue weighted by atomic mass is 9.99. The molecule has 1 aromatic heterocycles. The van der Waals surface area contributed by atoms with Crippen molar-refractivity contribution in [3.05, 3.63) is 93.5 Å². The Kier molecular flexibility index (Phi) is 4.57. The van der Waals surface area contributed by atoms with Crippen molar-refractivity contribution in [1.82, 2.24) is 4.98 Å². The lowest BCUT2D eigenvalue weighted by molar-refractivity contribution is 1.18. The van der Waals surface area contributed by atoms with E-state index in [2.05, 4.69) is 87.3 Å². The molecule has 2 nitrogen and oxygen atoms in total. The van der Waals surface area contributed by atoms with Crippen molar-refractivity contribution in [1.29, 1.82) is 0 Å². The van der Waals surface area contributed by atoms with Gasteiger partial charge in [-0.3, -0.25) is 0 Å². The number of hydrogen-bond donors (Lipinski definition) is 1. The molecule has 0 fully saturated rings. The van der Waals surface area contributed by atoms with E-state index in [4.69, 9.17) is 4.99 Å². The van der Waals surface area contributed by atoms with Gasteiger partial charge in [-0.25, -0.2) is 4.99 Å². The maximum Gasteiger partial charge on any atom is 0.0687 e. The van der Waals surface area contributed by atoms with Crippen LogP contribution in [0.15, 0.2) is 87.1 Å². The van der Waals surface area contributed by atoms with Gasteiger partial charge in [0, 0.05) is 11.4 Å². The number of aliphatic imine (C=N–C) groups is 1. The second-order valence-electron chi connectivity index (χ2n) is 7.58. The van der Waals surface area contributed by atoms with Crippen LogP contribution in [0, 0.1) is 0 Å². The van der Waals surface area contributed by atoms with Gasteiger partial charge in [0.05, 0.1) is 11.4 Å². The van der Waals surface area contributed by atoms with Crippen LogP contribution in [0.1, 0.15) is 51.9 Å². The van der Waals surface area contributed by atoms with Crippen molar-refractivity contribution in [2.24, 2.45) is 4.99 Å². The maximum absolute atomic E-state index is 4.93. The van der Waals surface area contributed by atoms with Gasteiger partial charge >= 0.3 is 0 Å². The Morgan fingerprint density at radius 2 is 1.78 bits per heavy atom. The van der Waals surface area contributed by atoms with Gasteiger partial charge in [-0.15, -0.1) is 0 Å². The summed E-state index contributed by atoms with van der Waals surface area (Å²) in [5.41, 5.74) is 12.3. The summed E-state index contributed by atoms with van der Waals surface area (Å²) in [7, 11) is 0. The molecular formula is C25H26N2. The van der Waals surface area contributed by atoms with Crippen LogP contribution in [-0.2, 0) is 0 Å². The van der Waals surface area contributed by atoms with Gasteiger partial charge in [0.2, 0.25) is 0 Å². The monoisotopic (exact) mass is 354 g/mol. The molecule has 0 amide bonds. The number of rotatable bonds is 0. The fraction of sp³-hybridized carbons (Fsp3) is 0.240. The average Bonchev–Trinajstić information content (AvgIpc) is 3.37. The summed E-state index contributed by atoms with van der Waals surface area (Å²) in [5, 5.41) is 0. The first-order chi connectivity index (χ1) is 13.0. The summed E-state index contributed by atoms with van der Waals surface area (Å²) in [6, 6.07) is 4.27. The minimum atomic E-state index is 0.957. The van der Waals surface area contributed by atoms with Crippen LogP contribution in [0.2, 0.25) is 0 Å². The number of aromatic amines is 1. The minimum absolute atomic E-state index is 0.957.